The Bertz CT molecular complexity index is 338. The topological polar surface area (TPSA) is 55.1 Å². The number of hydrogen-bond donors (Lipinski definition) is 2. The van der Waals surface area contributed by atoms with Crippen molar-refractivity contribution in [1.82, 2.24) is 5.32 Å². The molecular weight excluding hydrogens is 269 g/mol. The fraction of sp³-hybridized carbons (Fsp3) is 0.929. The predicted molar refractivity (Wildman–Crippen MR) is 69.8 cm³/mol. The highest BCUT2D eigenvalue weighted by Gasteiger charge is 2.42. The van der Waals surface area contributed by atoms with Gasteiger partial charge in [0.1, 0.15) is 0 Å². The zero-order chi connectivity index (χ0) is 14.8. The van der Waals surface area contributed by atoms with Crippen molar-refractivity contribution in [3.8, 4) is 0 Å². The number of nitrogens with two attached hydrogens (primary N) is 1. The van der Waals surface area contributed by atoms with Crippen LogP contribution in [0.15, 0.2) is 0 Å². The molecule has 0 bridgehead atoms. The number of carbonyl (C=O) groups is 1. The van der Waals surface area contributed by atoms with E-state index in [-0.39, 0.29) is 36.6 Å². The summed E-state index contributed by atoms with van der Waals surface area (Å²) >= 11 is 0. The summed E-state index contributed by atoms with van der Waals surface area (Å²) in [6, 6.07) is -0.0971. The molecule has 2 fully saturated rings. The average molecular weight is 292 g/mol. The monoisotopic (exact) mass is 292 g/mol. The van der Waals surface area contributed by atoms with Crippen molar-refractivity contribution < 1.29 is 18.0 Å². The van der Waals surface area contributed by atoms with Crippen molar-refractivity contribution >= 4 is 5.91 Å². The first-order valence-corrected chi connectivity index (χ1v) is 7.49. The second-order valence-electron chi connectivity index (χ2n) is 6.13. The van der Waals surface area contributed by atoms with Crippen LogP contribution in [-0.2, 0) is 4.79 Å². The molecule has 3 N–H and O–H groups in total. The van der Waals surface area contributed by atoms with Crippen LogP contribution in [0.5, 0.6) is 0 Å². The standard InChI is InChI=1S/C14H23F3N2O/c15-14(16,17)10-4-6-11(7-5-10)19-13(20)12-3-1-2-9(12)8-18/h9-12H,1-8,18H2,(H,19,20)/t9-,10?,11?,12-/m1/s1. The normalized spacial score (nSPS) is 35.0. The zero-order valence-electron chi connectivity index (χ0n) is 11.6. The van der Waals surface area contributed by atoms with E-state index in [2.05, 4.69) is 5.32 Å². The quantitative estimate of drug-likeness (QED) is 0.840. The summed E-state index contributed by atoms with van der Waals surface area (Å²) in [6.07, 6.45) is -0.141. The maximum absolute atomic E-state index is 12.6. The molecule has 2 saturated carbocycles. The molecule has 3 nitrogen and oxygen atoms in total. The van der Waals surface area contributed by atoms with Gasteiger partial charge in [-0.25, -0.2) is 0 Å². The fourth-order valence-electron chi connectivity index (χ4n) is 3.54. The number of alkyl halides is 3. The molecule has 0 aromatic carbocycles. The van der Waals surface area contributed by atoms with Crippen LogP contribution in [0.25, 0.3) is 0 Å². The lowest BCUT2D eigenvalue weighted by Crippen LogP contribution is -2.43. The van der Waals surface area contributed by atoms with Crippen molar-refractivity contribution in [2.24, 2.45) is 23.5 Å². The van der Waals surface area contributed by atoms with E-state index in [1.807, 2.05) is 0 Å². The number of halogens is 3. The minimum atomic E-state index is -4.09. The molecule has 2 aliphatic rings. The zero-order valence-corrected chi connectivity index (χ0v) is 11.6. The number of carbonyl (C=O) groups excluding carboxylic acids is 1. The van der Waals surface area contributed by atoms with Crippen molar-refractivity contribution in [3.05, 3.63) is 0 Å². The number of rotatable bonds is 3. The highest BCUT2D eigenvalue weighted by molar-refractivity contribution is 5.79. The third-order valence-corrected chi connectivity index (χ3v) is 4.84. The molecule has 0 aliphatic heterocycles. The summed E-state index contributed by atoms with van der Waals surface area (Å²) in [4.78, 5) is 12.2. The Morgan fingerprint density at radius 1 is 1.10 bits per heavy atom. The molecule has 2 aliphatic carbocycles. The molecule has 0 aromatic rings. The molecule has 20 heavy (non-hydrogen) atoms. The van der Waals surface area contributed by atoms with Gasteiger partial charge in [-0.05, 0) is 51.0 Å². The van der Waals surface area contributed by atoms with E-state index < -0.39 is 12.1 Å². The van der Waals surface area contributed by atoms with E-state index in [9.17, 15) is 18.0 Å². The Morgan fingerprint density at radius 3 is 2.30 bits per heavy atom. The van der Waals surface area contributed by atoms with Crippen LogP contribution in [0.1, 0.15) is 44.9 Å². The van der Waals surface area contributed by atoms with Gasteiger partial charge in [-0.1, -0.05) is 6.42 Å². The van der Waals surface area contributed by atoms with E-state index in [0.717, 1.165) is 19.3 Å². The van der Waals surface area contributed by atoms with Gasteiger partial charge in [0.2, 0.25) is 5.91 Å². The second-order valence-corrected chi connectivity index (χ2v) is 6.13. The highest BCUT2D eigenvalue weighted by Crippen LogP contribution is 2.38. The van der Waals surface area contributed by atoms with E-state index in [0.29, 0.717) is 19.4 Å². The molecule has 1 amide bonds. The van der Waals surface area contributed by atoms with Gasteiger partial charge in [-0.15, -0.1) is 0 Å². The lowest BCUT2D eigenvalue weighted by molar-refractivity contribution is -0.182. The van der Waals surface area contributed by atoms with Gasteiger partial charge < -0.3 is 11.1 Å². The molecule has 0 spiro atoms. The van der Waals surface area contributed by atoms with Crippen LogP contribution in [0.4, 0.5) is 13.2 Å². The molecule has 116 valence electrons. The number of amides is 1. The van der Waals surface area contributed by atoms with Crippen LogP contribution < -0.4 is 11.1 Å². The Labute approximate surface area is 117 Å². The highest BCUT2D eigenvalue weighted by atomic mass is 19.4. The largest absolute Gasteiger partial charge is 0.391 e. The minimum absolute atomic E-state index is 0.00610. The van der Waals surface area contributed by atoms with Crippen LogP contribution in [-0.4, -0.2) is 24.7 Å². The molecule has 2 atom stereocenters. The lowest BCUT2D eigenvalue weighted by atomic mass is 9.85. The summed E-state index contributed by atoms with van der Waals surface area (Å²) in [5.74, 6) is -1.01. The SMILES string of the molecule is NC[C@H]1CCC[C@H]1C(=O)NC1CCC(C(F)(F)F)CC1. The van der Waals surface area contributed by atoms with Gasteiger partial charge in [-0.3, -0.25) is 4.79 Å². The van der Waals surface area contributed by atoms with Crippen LogP contribution in [0, 0.1) is 17.8 Å². The maximum Gasteiger partial charge on any atom is 0.391 e. The van der Waals surface area contributed by atoms with E-state index in [1.165, 1.54) is 0 Å². The van der Waals surface area contributed by atoms with Crippen molar-refractivity contribution in [2.45, 2.75) is 57.2 Å². The molecule has 0 aromatic heterocycles. The molecule has 0 unspecified atom stereocenters. The van der Waals surface area contributed by atoms with E-state index in [1.54, 1.807) is 0 Å². The third-order valence-electron chi connectivity index (χ3n) is 4.84. The van der Waals surface area contributed by atoms with Crippen molar-refractivity contribution in [3.63, 3.8) is 0 Å². The molecular formula is C14H23F3N2O. The smallest absolute Gasteiger partial charge is 0.353 e. The van der Waals surface area contributed by atoms with E-state index in [4.69, 9.17) is 5.73 Å². The van der Waals surface area contributed by atoms with Gasteiger partial charge in [0.25, 0.3) is 0 Å². The summed E-state index contributed by atoms with van der Waals surface area (Å²) in [7, 11) is 0. The van der Waals surface area contributed by atoms with Crippen molar-refractivity contribution in [1.29, 1.82) is 0 Å². The Hall–Kier alpha value is -0.780. The van der Waals surface area contributed by atoms with Gasteiger partial charge >= 0.3 is 6.18 Å². The summed E-state index contributed by atoms with van der Waals surface area (Å²) in [5, 5.41) is 2.94. The minimum Gasteiger partial charge on any atom is -0.353 e. The first kappa shape index (κ1) is 15.6. The average Bonchev–Trinajstić information content (AvgIpc) is 2.86. The Kier molecular flexibility index (Phi) is 4.94. The lowest BCUT2D eigenvalue weighted by Gasteiger charge is -2.31. The molecule has 6 heteroatoms. The van der Waals surface area contributed by atoms with Crippen LogP contribution in [0.3, 0.4) is 0 Å². The molecule has 0 radical (unpaired) electrons. The molecule has 0 heterocycles. The predicted octanol–water partition coefficient (Wildman–Crippen LogP) is 2.60. The van der Waals surface area contributed by atoms with Crippen molar-refractivity contribution in [2.75, 3.05) is 6.54 Å². The summed E-state index contributed by atoms with van der Waals surface area (Å²) in [6.45, 7) is 0.513. The van der Waals surface area contributed by atoms with Gasteiger partial charge in [0, 0.05) is 12.0 Å². The number of hydrogen-bond acceptors (Lipinski definition) is 2. The first-order chi connectivity index (χ1) is 9.41. The summed E-state index contributed by atoms with van der Waals surface area (Å²) < 4.78 is 37.7. The Morgan fingerprint density at radius 2 is 1.75 bits per heavy atom. The summed E-state index contributed by atoms with van der Waals surface area (Å²) in [5.41, 5.74) is 5.66. The maximum atomic E-state index is 12.6. The fourth-order valence-corrected chi connectivity index (χ4v) is 3.54. The van der Waals surface area contributed by atoms with Gasteiger partial charge in [-0.2, -0.15) is 13.2 Å². The number of nitrogens with one attached hydrogen (secondary N) is 1. The van der Waals surface area contributed by atoms with Crippen LogP contribution in [0.2, 0.25) is 0 Å². The molecule has 2 rings (SSSR count). The van der Waals surface area contributed by atoms with Crippen LogP contribution >= 0.6 is 0 Å². The third kappa shape index (κ3) is 3.65. The second kappa shape index (κ2) is 6.33. The first-order valence-electron chi connectivity index (χ1n) is 7.49. The van der Waals surface area contributed by atoms with Gasteiger partial charge in [0.15, 0.2) is 0 Å². The van der Waals surface area contributed by atoms with Gasteiger partial charge in [0.05, 0.1) is 5.92 Å². The molecule has 0 saturated heterocycles. The Balaban J connectivity index is 1.79. The van der Waals surface area contributed by atoms with E-state index >= 15 is 0 Å².